The number of allylic oxidation sites excluding steroid dienone is 3. The highest BCUT2D eigenvalue weighted by atomic mass is 16.5. The number of aromatic hydroxyl groups is 1. The van der Waals surface area contributed by atoms with Gasteiger partial charge in [-0.2, -0.15) is 0 Å². The molecule has 0 radical (unpaired) electrons. The second-order valence-corrected chi connectivity index (χ2v) is 4.36. The highest BCUT2D eigenvalue weighted by Gasteiger charge is 2.25. The zero-order valence-electron chi connectivity index (χ0n) is 9.95. The zero-order valence-corrected chi connectivity index (χ0v) is 9.95. The van der Waals surface area contributed by atoms with Crippen molar-refractivity contribution < 1.29 is 20.1 Å². The fourth-order valence-electron chi connectivity index (χ4n) is 2.07. The summed E-state index contributed by atoms with van der Waals surface area (Å²) in [6, 6.07) is 6.62. The standard InChI is InChI=1S/C15H12O4/c16-10-3-1-9(2-4-10)14-6-5-12-13(18)7-11(17)8-15(12)19-14/h1-8,15-18H. The Kier molecular flexibility index (Phi) is 2.56. The van der Waals surface area contributed by atoms with Gasteiger partial charge in [-0.05, 0) is 36.4 Å². The molecule has 0 amide bonds. The molecule has 0 spiro atoms. The van der Waals surface area contributed by atoms with Crippen LogP contribution in [0.5, 0.6) is 5.75 Å². The molecule has 1 atom stereocenters. The summed E-state index contributed by atoms with van der Waals surface area (Å²) in [5.41, 5.74) is 1.43. The van der Waals surface area contributed by atoms with E-state index in [-0.39, 0.29) is 17.3 Å². The maximum Gasteiger partial charge on any atom is 0.149 e. The van der Waals surface area contributed by atoms with Crippen LogP contribution in [0.15, 0.2) is 65.7 Å². The first-order chi connectivity index (χ1) is 9.13. The van der Waals surface area contributed by atoms with Gasteiger partial charge in [0.15, 0.2) is 0 Å². The molecule has 1 aliphatic carbocycles. The minimum absolute atomic E-state index is 0.00556. The average Bonchev–Trinajstić information content (AvgIpc) is 2.38. The summed E-state index contributed by atoms with van der Waals surface area (Å²) in [5.74, 6) is 0.789. The molecule has 4 heteroatoms. The lowest BCUT2D eigenvalue weighted by Crippen LogP contribution is -2.20. The Morgan fingerprint density at radius 1 is 0.947 bits per heavy atom. The van der Waals surface area contributed by atoms with Gasteiger partial charge in [-0.1, -0.05) is 0 Å². The minimum Gasteiger partial charge on any atom is -0.508 e. The molecule has 0 saturated carbocycles. The van der Waals surface area contributed by atoms with Crippen LogP contribution in [0, 0.1) is 0 Å². The third-order valence-corrected chi connectivity index (χ3v) is 3.03. The van der Waals surface area contributed by atoms with E-state index in [1.165, 1.54) is 12.2 Å². The van der Waals surface area contributed by atoms with Crippen molar-refractivity contribution in [3.8, 4) is 5.75 Å². The van der Waals surface area contributed by atoms with Gasteiger partial charge in [0.1, 0.15) is 29.1 Å². The normalized spacial score (nSPS) is 21.4. The van der Waals surface area contributed by atoms with Gasteiger partial charge in [-0.25, -0.2) is 0 Å². The highest BCUT2D eigenvalue weighted by molar-refractivity contribution is 5.65. The van der Waals surface area contributed by atoms with Crippen molar-refractivity contribution in [1.82, 2.24) is 0 Å². The van der Waals surface area contributed by atoms with Crippen LogP contribution < -0.4 is 0 Å². The lowest BCUT2D eigenvalue weighted by molar-refractivity contribution is 0.221. The second-order valence-electron chi connectivity index (χ2n) is 4.36. The van der Waals surface area contributed by atoms with Gasteiger partial charge in [0.05, 0.1) is 0 Å². The SMILES string of the molecule is OC1=CC2OC(c3ccc(O)cc3)=CC=C2C(O)=C1. The van der Waals surface area contributed by atoms with E-state index < -0.39 is 6.10 Å². The van der Waals surface area contributed by atoms with Crippen LogP contribution >= 0.6 is 0 Å². The van der Waals surface area contributed by atoms with Crippen LogP contribution in [0.2, 0.25) is 0 Å². The molecule has 96 valence electrons. The predicted molar refractivity (Wildman–Crippen MR) is 70.5 cm³/mol. The Hall–Kier alpha value is -2.62. The Labute approximate surface area is 109 Å². The maximum atomic E-state index is 9.72. The molecule has 2 aliphatic rings. The molecular formula is C15H12O4. The van der Waals surface area contributed by atoms with Crippen molar-refractivity contribution in [2.24, 2.45) is 0 Å². The summed E-state index contributed by atoms with van der Waals surface area (Å²) in [7, 11) is 0. The number of rotatable bonds is 1. The summed E-state index contributed by atoms with van der Waals surface area (Å²) in [5, 5.41) is 28.5. The summed E-state index contributed by atoms with van der Waals surface area (Å²) in [6.45, 7) is 0. The summed E-state index contributed by atoms with van der Waals surface area (Å²) in [6.07, 6.45) is 5.81. The van der Waals surface area contributed by atoms with Gasteiger partial charge in [0.2, 0.25) is 0 Å². The Morgan fingerprint density at radius 3 is 2.42 bits per heavy atom. The van der Waals surface area contributed by atoms with E-state index in [1.807, 2.05) is 0 Å². The minimum atomic E-state index is -0.501. The van der Waals surface area contributed by atoms with E-state index in [2.05, 4.69) is 0 Å². The number of phenolic OH excluding ortho intramolecular Hbond substituents is 1. The van der Waals surface area contributed by atoms with Crippen LogP contribution in [-0.4, -0.2) is 21.4 Å². The number of hydrogen-bond acceptors (Lipinski definition) is 4. The number of ether oxygens (including phenoxy) is 1. The van der Waals surface area contributed by atoms with Gasteiger partial charge in [0, 0.05) is 23.3 Å². The molecule has 0 saturated heterocycles. The Morgan fingerprint density at radius 2 is 1.68 bits per heavy atom. The van der Waals surface area contributed by atoms with Crippen molar-refractivity contribution in [3.05, 3.63) is 71.2 Å². The van der Waals surface area contributed by atoms with E-state index in [9.17, 15) is 15.3 Å². The third-order valence-electron chi connectivity index (χ3n) is 3.03. The predicted octanol–water partition coefficient (Wildman–Crippen LogP) is 2.96. The molecule has 4 nitrogen and oxygen atoms in total. The van der Waals surface area contributed by atoms with E-state index in [1.54, 1.807) is 36.4 Å². The number of fused-ring (bicyclic) bond motifs is 1. The smallest absolute Gasteiger partial charge is 0.149 e. The first-order valence-electron chi connectivity index (χ1n) is 5.83. The first-order valence-corrected chi connectivity index (χ1v) is 5.83. The molecule has 3 N–H and O–H groups in total. The molecular weight excluding hydrogens is 244 g/mol. The maximum absolute atomic E-state index is 9.72. The molecule has 0 aromatic heterocycles. The lowest BCUT2D eigenvalue weighted by Gasteiger charge is -2.26. The summed E-state index contributed by atoms with van der Waals surface area (Å²) >= 11 is 0. The third kappa shape index (κ3) is 2.08. The molecule has 1 unspecified atom stereocenters. The molecule has 1 aromatic rings. The number of phenols is 1. The van der Waals surface area contributed by atoms with E-state index in [0.717, 1.165) is 5.56 Å². The van der Waals surface area contributed by atoms with E-state index in [0.29, 0.717) is 11.3 Å². The monoisotopic (exact) mass is 256 g/mol. The number of aliphatic hydroxyl groups is 2. The van der Waals surface area contributed by atoms with E-state index >= 15 is 0 Å². The molecule has 19 heavy (non-hydrogen) atoms. The zero-order chi connectivity index (χ0) is 13.4. The van der Waals surface area contributed by atoms with Crippen molar-refractivity contribution in [3.63, 3.8) is 0 Å². The van der Waals surface area contributed by atoms with Crippen LogP contribution in [0.4, 0.5) is 0 Å². The van der Waals surface area contributed by atoms with Crippen LogP contribution in [-0.2, 0) is 4.74 Å². The highest BCUT2D eigenvalue weighted by Crippen LogP contribution is 2.32. The van der Waals surface area contributed by atoms with Gasteiger partial charge in [-0.15, -0.1) is 0 Å². The Balaban J connectivity index is 1.96. The van der Waals surface area contributed by atoms with Crippen LogP contribution in [0.3, 0.4) is 0 Å². The number of hydrogen-bond donors (Lipinski definition) is 3. The van der Waals surface area contributed by atoms with Gasteiger partial charge >= 0.3 is 0 Å². The van der Waals surface area contributed by atoms with Crippen molar-refractivity contribution in [2.75, 3.05) is 0 Å². The molecule has 0 fully saturated rings. The largest absolute Gasteiger partial charge is 0.508 e. The van der Waals surface area contributed by atoms with Crippen molar-refractivity contribution >= 4 is 5.76 Å². The van der Waals surface area contributed by atoms with Crippen LogP contribution in [0.25, 0.3) is 5.76 Å². The fraction of sp³-hybridized carbons (Fsp3) is 0.0667. The molecule has 0 bridgehead atoms. The fourth-order valence-corrected chi connectivity index (χ4v) is 2.07. The van der Waals surface area contributed by atoms with Gasteiger partial charge in [0.25, 0.3) is 0 Å². The molecule has 1 aliphatic heterocycles. The number of aliphatic hydroxyl groups excluding tert-OH is 2. The molecule has 1 heterocycles. The van der Waals surface area contributed by atoms with Crippen molar-refractivity contribution in [2.45, 2.75) is 6.10 Å². The Bertz CT molecular complexity index is 633. The van der Waals surface area contributed by atoms with Crippen LogP contribution in [0.1, 0.15) is 5.56 Å². The van der Waals surface area contributed by atoms with Crippen molar-refractivity contribution in [1.29, 1.82) is 0 Å². The second kappa shape index (κ2) is 4.24. The quantitative estimate of drug-likeness (QED) is 0.722. The average molecular weight is 256 g/mol. The summed E-state index contributed by atoms with van der Waals surface area (Å²) < 4.78 is 5.73. The topological polar surface area (TPSA) is 69.9 Å². The molecule has 1 aromatic carbocycles. The lowest BCUT2D eigenvalue weighted by atomic mass is 9.98. The van der Waals surface area contributed by atoms with Gasteiger partial charge in [-0.3, -0.25) is 0 Å². The van der Waals surface area contributed by atoms with E-state index in [4.69, 9.17) is 4.74 Å². The summed E-state index contributed by atoms with van der Waals surface area (Å²) in [4.78, 5) is 0. The first kappa shape index (κ1) is 11.5. The number of benzene rings is 1. The van der Waals surface area contributed by atoms with Gasteiger partial charge < -0.3 is 20.1 Å². The molecule has 3 rings (SSSR count).